The van der Waals surface area contributed by atoms with E-state index in [2.05, 4.69) is 17.1 Å². The third kappa shape index (κ3) is 3.84. The lowest BCUT2D eigenvalue weighted by Crippen LogP contribution is -1.97. The first-order valence-corrected chi connectivity index (χ1v) is 10.2. The van der Waals surface area contributed by atoms with Crippen LogP contribution in [0.15, 0.2) is 60.8 Å². The van der Waals surface area contributed by atoms with Crippen LogP contribution in [-0.4, -0.2) is 10.8 Å². The molecule has 0 saturated heterocycles. The Morgan fingerprint density at radius 2 is 2.00 bits per heavy atom. The number of halogens is 2. The smallest absolute Gasteiger partial charge is 0.162 e. The molecule has 0 atom stereocenters. The molecule has 4 rings (SSSR count). The highest BCUT2D eigenvalue weighted by Crippen LogP contribution is 2.35. The summed E-state index contributed by atoms with van der Waals surface area (Å²) in [6.45, 7) is 1.85. The molecule has 2 nitrogen and oxygen atoms in total. The van der Waals surface area contributed by atoms with Gasteiger partial charge >= 0.3 is 0 Å². The van der Waals surface area contributed by atoms with Gasteiger partial charge in [-0.1, -0.05) is 36.7 Å². The average Bonchev–Trinajstić information content (AvgIpc) is 3.08. The Morgan fingerprint density at radius 1 is 1.14 bits per heavy atom. The van der Waals surface area contributed by atoms with Crippen molar-refractivity contribution in [2.45, 2.75) is 19.8 Å². The number of Topliss-reactive ketones (excluding diaryl/α,β-unsaturated/α-hetero) is 1. The van der Waals surface area contributed by atoms with Crippen molar-refractivity contribution < 1.29 is 9.18 Å². The molecule has 0 aliphatic heterocycles. The molecule has 140 valence electrons. The van der Waals surface area contributed by atoms with Gasteiger partial charge in [-0.25, -0.2) is 4.39 Å². The maximum Gasteiger partial charge on any atom is 0.162 e. The van der Waals surface area contributed by atoms with Gasteiger partial charge in [0, 0.05) is 44.8 Å². The molecule has 0 unspecified atom stereocenters. The minimum atomic E-state index is -0.328. The first kappa shape index (κ1) is 18.8. The molecule has 28 heavy (non-hydrogen) atoms. The second-order valence-electron chi connectivity index (χ2n) is 6.60. The van der Waals surface area contributed by atoms with Crippen LogP contribution >= 0.6 is 22.9 Å². The molecule has 4 aromatic rings. The summed E-state index contributed by atoms with van der Waals surface area (Å²) in [7, 11) is 0. The fraction of sp³-hybridized carbons (Fsp3) is 0.130. The lowest BCUT2D eigenvalue weighted by atomic mass is 10.0. The van der Waals surface area contributed by atoms with Crippen molar-refractivity contribution >= 4 is 38.8 Å². The van der Waals surface area contributed by atoms with Crippen LogP contribution in [0.25, 0.3) is 21.3 Å². The van der Waals surface area contributed by atoms with E-state index in [1.54, 1.807) is 29.7 Å². The molecule has 0 N–H and O–H groups in total. The van der Waals surface area contributed by atoms with Crippen molar-refractivity contribution in [2.24, 2.45) is 0 Å². The molecule has 0 fully saturated rings. The topological polar surface area (TPSA) is 30.0 Å². The molecule has 2 aromatic heterocycles. The maximum absolute atomic E-state index is 13.6. The predicted molar refractivity (Wildman–Crippen MR) is 114 cm³/mol. The predicted octanol–water partition coefficient (Wildman–Crippen LogP) is 6.94. The number of thiophene rings is 1. The first-order chi connectivity index (χ1) is 13.5. The Bertz CT molecular complexity index is 1160. The van der Waals surface area contributed by atoms with Gasteiger partial charge in [0.15, 0.2) is 5.78 Å². The van der Waals surface area contributed by atoms with Crippen LogP contribution in [0.4, 0.5) is 4.39 Å². The summed E-state index contributed by atoms with van der Waals surface area (Å²) in [5.41, 5.74) is 3.30. The Morgan fingerprint density at radius 3 is 2.79 bits per heavy atom. The van der Waals surface area contributed by atoms with E-state index in [1.807, 2.05) is 25.1 Å². The van der Waals surface area contributed by atoms with Crippen molar-refractivity contribution in [1.29, 1.82) is 0 Å². The van der Waals surface area contributed by atoms with Crippen molar-refractivity contribution in [3.05, 3.63) is 87.6 Å². The Balaban J connectivity index is 1.74. The number of hydrogen-bond acceptors (Lipinski definition) is 3. The van der Waals surface area contributed by atoms with Crippen molar-refractivity contribution in [2.75, 3.05) is 0 Å². The quantitative estimate of drug-likeness (QED) is 0.334. The number of ketones is 1. The minimum absolute atomic E-state index is 0.102. The lowest BCUT2D eigenvalue weighted by molar-refractivity contribution is 0.0988. The third-order valence-electron chi connectivity index (χ3n) is 4.57. The van der Waals surface area contributed by atoms with Crippen molar-refractivity contribution in [3.8, 4) is 11.3 Å². The zero-order valence-corrected chi connectivity index (χ0v) is 16.8. The lowest BCUT2D eigenvalue weighted by Gasteiger charge is -2.05. The van der Waals surface area contributed by atoms with Gasteiger partial charge in [0.1, 0.15) is 5.82 Å². The summed E-state index contributed by atoms with van der Waals surface area (Å²) >= 11 is 7.64. The van der Waals surface area contributed by atoms with Gasteiger partial charge in [-0.3, -0.25) is 9.78 Å². The van der Waals surface area contributed by atoms with E-state index in [0.29, 0.717) is 23.4 Å². The highest BCUT2D eigenvalue weighted by atomic mass is 35.5. The normalized spacial score (nSPS) is 11.1. The molecular weight excluding hydrogens is 393 g/mol. The maximum atomic E-state index is 13.6. The summed E-state index contributed by atoms with van der Waals surface area (Å²) in [4.78, 5) is 17.7. The van der Waals surface area contributed by atoms with Crippen LogP contribution in [0.2, 0.25) is 5.02 Å². The molecule has 0 aliphatic carbocycles. The summed E-state index contributed by atoms with van der Waals surface area (Å²) < 4.78 is 14.7. The molecule has 0 aliphatic rings. The molecule has 0 bridgehead atoms. The van der Waals surface area contributed by atoms with Gasteiger partial charge < -0.3 is 0 Å². The van der Waals surface area contributed by atoms with E-state index in [1.165, 1.54) is 12.1 Å². The zero-order chi connectivity index (χ0) is 19.7. The van der Waals surface area contributed by atoms with Gasteiger partial charge in [0.25, 0.3) is 0 Å². The summed E-state index contributed by atoms with van der Waals surface area (Å²) in [6.07, 6.45) is 2.76. The van der Waals surface area contributed by atoms with Crippen LogP contribution in [-0.2, 0) is 6.42 Å². The van der Waals surface area contributed by atoms with Crippen LogP contribution in [0, 0.1) is 5.82 Å². The van der Waals surface area contributed by atoms with E-state index in [9.17, 15) is 9.18 Å². The Kier molecular flexibility index (Phi) is 5.25. The number of nitrogens with zero attached hydrogens (tertiary/aromatic N) is 1. The van der Waals surface area contributed by atoms with Crippen LogP contribution in [0.1, 0.15) is 34.1 Å². The summed E-state index contributed by atoms with van der Waals surface area (Å²) in [6, 6.07) is 16.4. The molecule has 2 heterocycles. The van der Waals surface area contributed by atoms with Gasteiger partial charge in [-0.2, -0.15) is 0 Å². The number of carbonyl (C=O) groups is 1. The van der Waals surface area contributed by atoms with Crippen molar-refractivity contribution in [3.63, 3.8) is 0 Å². The van der Waals surface area contributed by atoms with E-state index in [-0.39, 0.29) is 11.6 Å². The molecule has 5 heteroatoms. The van der Waals surface area contributed by atoms with Crippen molar-refractivity contribution in [1.82, 2.24) is 4.98 Å². The average molecular weight is 410 g/mol. The number of fused-ring (bicyclic) bond motifs is 1. The number of carbonyl (C=O) groups excluding carboxylic acids is 1. The summed E-state index contributed by atoms with van der Waals surface area (Å²) in [5.74, 6) is -0.225. The fourth-order valence-corrected chi connectivity index (χ4v) is 4.73. The molecule has 2 aromatic carbocycles. The molecule has 0 radical (unpaired) electrons. The molecule has 0 amide bonds. The highest BCUT2D eigenvalue weighted by Gasteiger charge is 2.12. The molecule has 0 saturated carbocycles. The largest absolute Gasteiger partial charge is 0.294 e. The second-order valence-corrected chi connectivity index (χ2v) is 8.17. The summed E-state index contributed by atoms with van der Waals surface area (Å²) in [5, 5.41) is 1.51. The van der Waals surface area contributed by atoms with Crippen LogP contribution in [0.5, 0.6) is 0 Å². The minimum Gasteiger partial charge on any atom is -0.294 e. The van der Waals surface area contributed by atoms with Gasteiger partial charge in [0.2, 0.25) is 0 Å². The monoisotopic (exact) mass is 409 g/mol. The first-order valence-electron chi connectivity index (χ1n) is 8.99. The number of aromatic nitrogens is 1. The molecule has 0 spiro atoms. The number of pyridine rings is 1. The van der Waals surface area contributed by atoms with Gasteiger partial charge in [-0.15, -0.1) is 11.3 Å². The van der Waals surface area contributed by atoms with Gasteiger partial charge in [-0.05, 0) is 47.3 Å². The Hall–Kier alpha value is -2.56. The highest BCUT2D eigenvalue weighted by molar-refractivity contribution is 7.19. The second kappa shape index (κ2) is 7.82. The molecular formula is C23H17ClFNOS. The van der Waals surface area contributed by atoms with E-state index < -0.39 is 0 Å². The zero-order valence-electron chi connectivity index (χ0n) is 15.2. The van der Waals surface area contributed by atoms with Gasteiger partial charge in [0.05, 0.1) is 5.69 Å². The number of benzene rings is 2. The third-order valence-corrected chi connectivity index (χ3v) is 5.98. The number of hydrogen-bond donors (Lipinski definition) is 0. The van der Waals surface area contributed by atoms with Crippen LogP contribution < -0.4 is 0 Å². The van der Waals surface area contributed by atoms with Crippen LogP contribution in [0.3, 0.4) is 0 Å². The standard InChI is InChI=1S/C23H17ClFNOS/c1-2-22(27)15-6-7-26-21(12-15)20-5-3-4-16-11-19(28-23(16)20)10-14-8-17(24)13-18(25)9-14/h3-9,11-13H,2,10H2,1H3. The van der Waals surface area contributed by atoms with E-state index in [0.717, 1.165) is 31.8 Å². The number of rotatable bonds is 5. The van der Waals surface area contributed by atoms with E-state index >= 15 is 0 Å². The fourth-order valence-electron chi connectivity index (χ4n) is 3.27. The Labute approximate surface area is 171 Å². The SMILES string of the molecule is CCC(=O)c1ccnc(-c2cccc3cc(Cc4cc(F)cc(Cl)c4)sc23)c1. The van der Waals surface area contributed by atoms with E-state index in [4.69, 9.17) is 11.6 Å².